The van der Waals surface area contributed by atoms with Crippen LogP contribution in [-0.2, 0) is 0 Å². The zero-order chi connectivity index (χ0) is 9.71. The van der Waals surface area contributed by atoms with Crippen molar-refractivity contribution < 1.29 is 0 Å². The topological polar surface area (TPSA) is 38.0 Å². The number of hydrogen-bond donors (Lipinski definition) is 2. The van der Waals surface area contributed by atoms with Gasteiger partial charge in [0.25, 0.3) is 0 Å². The second kappa shape index (κ2) is 3.21. The molecule has 0 aromatic rings. The van der Waals surface area contributed by atoms with Gasteiger partial charge >= 0.3 is 0 Å². The minimum atomic E-state index is 0.532. The molecular weight excluding hydrogens is 172 g/mol. The van der Waals surface area contributed by atoms with Crippen LogP contribution in [0.1, 0.15) is 39.0 Å². The van der Waals surface area contributed by atoms with Crippen LogP contribution < -0.4 is 11.3 Å². The van der Waals surface area contributed by atoms with Crippen LogP contribution >= 0.6 is 0 Å². The van der Waals surface area contributed by atoms with Gasteiger partial charge in [0.15, 0.2) is 0 Å². The van der Waals surface area contributed by atoms with Gasteiger partial charge in [0.1, 0.15) is 0 Å². The number of hydrazine groups is 1. The summed E-state index contributed by atoms with van der Waals surface area (Å²) >= 11 is 0. The van der Waals surface area contributed by atoms with Crippen molar-refractivity contribution in [2.75, 3.05) is 0 Å². The molecule has 0 aromatic carbocycles. The highest BCUT2D eigenvalue weighted by atomic mass is 15.2. The Kier molecular flexibility index (Phi) is 2.10. The number of nitrogens with one attached hydrogen (secondary N) is 1. The van der Waals surface area contributed by atoms with Crippen LogP contribution in [0.5, 0.6) is 0 Å². The maximum absolute atomic E-state index is 5.60. The SMILES string of the molecule is CC(NN)C1C2CC3CC(C2)CC1C3. The van der Waals surface area contributed by atoms with Crippen LogP contribution in [0.25, 0.3) is 0 Å². The third-order valence-electron chi connectivity index (χ3n) is 5.14. The lowest BCUT2D eigenvalue weighted by Gasteiger charge is -2.56. The predicted molar refractivity (Wildman–Crippen MR) is 57.3 cm³/mol. The third kappa shape index (κ3) is 1.24. The van der Waals surface area contributed by atoms with Crippen molar-refractivity contribution in [3.8, 4) is 0 Å². The molecule has 0 spiro atoms. The normalized spacial score (nSPS) is 52.3. The lowest BCUT2D eigenvalue weighted by Crippen LogP contribution is -2.53. The minimum absolute atomic E-state index is 0.532. The zero-order valence-electron chi connectivity index (χ0n) is 9.08. The molecule has 4 saturated carbocycles. The lowest BCUT2D eigenvalue weighted by atomic mass is 9.50. The fraction of sp³-hybridized carbons (Fsp3) is 1.00. The second-order valence-electron chi connectivity index (χ2n) is 5.96. The first-order chi connectivity index (χ1) is 6.78. The zero-order valence-corrected chi connectivity index (χ0v) is 9.08. The Morgan fingerprint density at radius 3 is 1.93 bits per heavy atom. The van der Waals surface area contributed by atoms with Crippen molar-refractivity contribution in [3.63, 3.8) is 0 Å². The van der Waals surface area contributed by atoms with Crippen molar-refractivity contribution >= 4 is 0 Å². The molecular formula is C12H22N2. The molecule has 1 unspecified atom stereocenters. The monoisotopic (exact) mass is 194 g/mol. The van der Waals surface area contributed by atoms with E-state index in [4.69, 9.17) is 5.84 Å². The Balaban J connectivity index is 1.81. The van der Waals surface area contributed by atoms with Gasteiger partial charge in [0.2, 0.25) is 0 Å². The van der Waals surface area contributed by atoms with Crippen molar-refractivity contribution in [2.24, 2.45) is 35.4 Å². The number of rotatable bonds is 2. The summed E-state index contributed by atoms with van der Waals surface area (Å²) in [5.41, 5.74) is 2.99. The average molecular weight is 194 g/mol. The summed E-state index contributed by atoms with van der Waals surface area (Å²) in [6.45, 7) is 2.27. The standard InChI is InChI=1S/C12H22N2/c1-7(14-13)12-10-3-8-2-9(5-10)6-11(12)4-8/h7-12,14H,2-6,13H2,1H3. The van der Waals surface area contributed by atoms with Gasteiger partial charge in [-0.3, -0.25) is 11.3 Å². The van der Waals surface area contributed by atoms with Crippen molar-refractivity contribution in [2.45, 2.75) is 45.1 Å². The molecule has 4 aliphatic rings. The Labute approximate surface area is 86.6 Å². The minimum Gasteiger partial charge on any atom is -0.271 e. The van der Waals surface area contributed by atoms with Gasteiger partial charge in [-0.15, -0.1) is 0 Å². The Morgan fingerprint density at radius 2 is 1.50 bits per heavy atom. The molecule has 14 heavy (non-hydrogen) atoms. The van der Waals surface area contributed by atoms with E-state index in [9.17, 15) is 0 Å². The Bertz CT molecular complexity index is 198. The molecule has 0 saturated heterocycles. The van der Waals surface area contributed by atoms with Crippen LogP contribution in [0, 0.1) is 29.6 Å². The highest BCUT2D eigenvalue weighted by molar-refractivity contribution is 5.00. The summed E-state index contributed by atoms with van der Waals surface area (Å²) in [6, 6.07) is 0.532. The van der Waals surface area contributed by atoms with E-state index in [1.807, 2.05) is 0 Å². The molecule has 3 N–H and O–H groups in total. The van der Waals surface area contributed by atoms with E-state index >= 15 is 0 Å². The first-order valence-electron chi connectivity index (χ1n) is 6.24. The molecule has 0 radical (unpaired) electrons. The van der Waals surface area contributed by atoms with Gasteiger partial charge in [-0.2, -0.15) is 0 Å². The van der Waals surface area contributed by atoms with Crippen molar-refractivity contribution in [3.05, 3.63) is 0 Å². The first kappa shape index (κ1) is 9.17. The summed E-state index contributed by atoms with van der Waals surface area (Å²) in [4.78, 5) is 0. The molecule has 0 amide bonds. The molecule has 0 aliphatic heterocycles. The van der Waals surface area contributed by atoms with Gasteiger partial charge in [-0.1, -0.05) is 0 Å². The van der Waals surface area contributed by atoms with Gasteiger partial charge in [-0.05, 0) is 68.6 Å². The van der Waals surface area contributed by atoms with Gasteiger partial charge < -0.3 is 0 Å². The van der Waals surface area contributed by atoms with E-state index in [0.717, 1.165) is 29.6 Å². The highest BCUT2D eigenvalue weighted by Crippen LogP contribution is 2.57. The third-order valence-corrected chi connectivity index (χ3v) is 5.14. The van der Waals surface area contributed by atoms with Crippen molar-refractivity contribution in [1.82, 2.24) is 5.43 Å². The van der Waals surface area contributed by atoms with Crippen LogP contribution in [0.2, 0.25) is 0 Å². The van der Waals surface area contributed by atoms with Crippen LogP contribution in [0.15, 0.2) is 0 Å². The first-order valence-corrected chi connectivity index (χ1v) is 6.24. The largest absolute Gasteiger partial charge is 0.271 e. The number of nitrogens with two attached hydrogens (primary N) is 1. The Hall–Kier alpha value is -0.0800. The van der Waals surface area contributed by atoms with E-state index < -0.39 is 0 Å². The maximum atomic E-state index is 5.60. The van der Waals surface area contributed by atoms with Crippen LogP contribution in [0.3, 0.4) is 0 Å². The highest BCUT2D eigenvalue weighted by Gasteiger charge is 2.49. The van der Waals surface area contributed by atoms with E-state index in [2.05, 4.69) is 12.3 Å². The molecule has 0 aromatic heterocycles. The lowest BCUT2D eigenvalue weighted by molar-refractivity contribution is -0.0492. The molecule has 80 valence electrons. The quantitative estimate of drug-likeness (QED) is 0.520. The van der Waals surface area contributed by atoms with E-state index in [0.29, 0.717) is 6.04 Å². The van der Waals surface area contributed by atoms with Gasteiger partial charge in [-0.25, -0.2) is 0 Å². The average Bonchev–Trinajstić information content (AvgIpc) is 2.15. The molecule has 1 atom stereocenters. The summed E-state index contributed by atoms with van der Waals surface area (Å²) in [6.07, 6.45) is 7.56. The molecule has 2 nitrogen and oxygen atoms in total. The van der Waals surface area contributed by atoms with Gasteiger partial charge in [0, 0.05) is 6.04 Å². The van der Waals surface area contributed by atoms with E-state index in [-0.39, 0.29) is 0 Å². The molecule has 4 bridgehead atoms. The van der Waals surface area contributed by atoms with E-state index in [1.165, 1.54) is 25.7 Å². The molecule has 2 heteroatoms. The van der Waals surface area contributed by atoms with Crippen LogP contribution in [0.4, 0.5) is 0 Å². The summed E-state index contributed by atoms with van der Waals surface area (Å²) in [5, 5.41) is 0. The molecule has 4 rings (SSSR count). The molecule has 4 aliphatic carbocycles. The smallest absolute Gasteiger partial charge is 0.0215 e. The van der Waals surface area contributed by atoms with Gasteiger partial charge in [0.05, 0.1) is 0 Å². The van der Waals surface area contributed by atoms with Crippen molar-refractivity contribution in [1.29, 1.82) is 0 Å². The van der Waals surface area contributed by atoms with Crippen LogP contribution in [-0.4, -0.2) is 6.04 Å². The molecule has 0 heterocycles. The second-order valence-corrected chi connectivity index (χ2v) is 5.96. The summed E-state index contributed by atoms with van der Waals surface area (Å²) in [7, 11) is 0. The fourth-order valence-electron chi connectivity index (χ4n) is 4.89. The summed E-state index contributed by atoms with van der Waals surface area (Å²) < 4.78 is 0. The van der Waals surface area contributed by atoms with E-state index in [1.54, 1.807) is 6.42 Å². The molecule has 4 fully saturated rings. The maximum Gasteiger partial charge on any atom is 0.0215 e. The summed E-state index contributed by atoms with van der Waals surface area (Å²) in [5.74, 6) is 10.6. The fourth-order valence-corrected chi connectivity index (χ4v) is 4.89. The predicted octanol–water partition coefficient (Wildman–Crippen LogP) is 1.91. The Morgan fingerprint density at radius 1 is 1.00 bits per heavy atom. The number of hydrogen-bond acceptors (Lipinski definition) is 2.